The molecule has 2 N–H and O–H groups in total. The fraction of sp³-hybridized carbons (Fsp3) is 0.800. The van der Waals surface area contributed by atoms with Crippen LogP contribution in [0.5, 0.6) is 0 Å². The van der Waals surface area contributed by atoms with E-state index in [9.17, 15) is 0 Å². The average molecular weight is 217 g/mol. The Kier molecular flexibility index (Phi) is 8.08. The predicted molar refractivity (Wildman–Crippen MR) is 62.3 cm³/mol. The van der Waals surface area contributed by atoms with Crippen molar-refractivity contribution in [1.82, 2.24) is 0 Å². The minimum absolute atomic E-state index is 0.701. The van der Waals surface area contributed by atoms with Crippen molar-refractivity contribution in [3.05, 3.63) is 11.8 Å². The van der Waals surface area contributed by atoms with Gasteiger partial charge >= 0.3 is 8.56 Å². The van der Waals surface area contributed by atoms with Crippen molar-refractivity contribution in [2.75, 3.05) is 19.8 Å². The Balaban J connectivity index is 4.37. The predicted octanol–water partition coefficient (Wildman–Crippen LogP) is 1.97. The van der Waals surface area contributed by atoms with E-state index in [1.54, 1.807) is 0 Å². The summed E-state index contributed by atoms with van der Waals surface area (Å²) in [4.78, 5) is 0. The summed E-state index contributed by atoms with van der Waals surface area (Å²) in [7, 11) is -2.08. The van der Waals surface area contributed by atoms with Crippen LogP contribution in [0.3, 0.4) is 0 Å². The molecule has 0 aliphatic rings. The zero-order valence-electron chi connectivity index (χ0n) is 9.58. The SMILES string of the molecule is CC=C[Si](CCCN)(OCC)OCC. The van der Waals surface area contributed by atoms with Gasteiger partial charge in [0.15, 0.2) is 0 Å². The first kappa shape index (κ1) is 13.8. The standard InChI is InChI=1S/C10H23NO2Si/c1-4-9-14(12-5-2,13-6-3)10-7-8-11/h4,9H,5-8,10-11H2,1-3H3. The Morgan fingerprint density at radius 3 is 2.14 bits per heavy atom. The molecule has 0 saturated heterocycles. The smallest absolute Gasteiger partial charge is 0.364 e. The zero-order chi connectivity index (χ0) is 10.9. The van der Waals surface area contributed by atoms with Gasteiger partial charge in [0.1, 0.15) is 0 Å². The minimum Gasteiger partial charge on any atom is -0.392 e. The van der Waals surface area contributed by atoms with Crippen molar-refractivity contribution in [2.45, 2.75) is 33.2 Å². The maximum atomic E-state index is 5.79. The van der Waals surface area contributed by atoms with Gasteiger partial charge < -0.3 is 14.6 Å². The molecule has 0 aromatic heterocycles. The summed E-state index contributed by atoms with van der Waals surface area (Å²) < 4.78 is 11.6. The van der Waals surface area contributed by atoms with Gasteiger partial charge in [-0.2, -0.15) is 0 Å². The molecule has 0 aliphatic heterocycles. The highest BCUT2D eigenvalue weighted by Crippen LogP contribution is 2.17. The van der Waals surface area contributed by atoms with Crippen molar-refractivity contribution in [3.63, 3.8) is 0 Å². The van der Waals surface area contributed by atoms with E-state index in [-0.39, 0.29) is 0 Å². The largest absolute Gasteiger partial charge is 0.392 e. The van der Waals surface area contributed by atoms with Gasteiger partial charge in [-0.25, -0.2) is 0 Å². The van der Waals surface area contributed by atoms with Crippen LogP contribution in [0.2, 0.25) is 6.04 Å². The summed E-state index contributed by atoms with van der Waals surface area (Å²) in [5.74, 6) is 0. The second-order valence-electron chi connectivity index (χ2n) is 3.07. The third kappa shape index (κ3) is 4.90. The summed E-state index contributed by atoms with van der Waals surface area (Å²) in [6, 6.07) is 0.954. The maximum absolute atomic E-state index is 5.79. The Hall–Kier alpha value is -0.163. The van der Waals surface area contributed by atoms with Crippen LogP contribution in [0.15, 0.2) is 11.8 Å². The van der Waals surface area contributed by atoms with Crippen LogP contribution in [0.25, 0.3) is 0 Å². The summed E-state index contributed by atoms with van der Waals surface area (Å²) in [6.07, 6.45) is 2.99. The van der Waals surface area contributed by atoms with Gasteiger partial charge in [-0.15, -0.1) is 0 Å². The Bertz CT molecular complexity index is 156. The quantitative estimate of drug-likeness (QED) is 0.632. The summed E-state index contributed by atoms with van der Waals surface area (Å²) in [6.45, 7) is 8.14. The summed E-state index contributed by atoms with van der Waals surface area (Å²) in [5.41, 5.74) is 7.62. The van der Waals surface area contributed by atoms with Crippen LogP contribution >= 0.6 is 0 Å². The van der Waals surface area contributed by atoms with Gasteiger partial charge in [0.25, 0.3) is 0 Å². The monoisotopic (exact) mass is 217 g/mol. The molecule has 0 radical (unpaired) electrons. The highest BCUT2D eigenvalue weighted by Gasteiger charge is 2.32. The van der Waals surface area contributed by atoms with E-state index in [0.717, 1.165) is 12.5 Å². The van der Waals surface area contributed by atoms with Crippen LogP contribution in [-0.4, -0.2) is 28.3 Å². The van der Waals surface area contributed by atoms with Crippen molar-refractivity contribution in [2.24, 2.45) is 5.73 Å². The zero-order valence-corrected chi connectivity index (χ0v) is 10.6. The third-order valence-corrected chi connectivity index (χ3v) is 5.37. The number of rotatable bonds is 8. The Labute approximate surface area is 88.5 Å². The van der Waals surface area contributed by atoms with E-state index in [0.29, 0.717) is 19.8 Å². The fourth-order valence-electron chi connectivity index (χ4n) is 1.46. The minimum atomic E-state index is -2.08. The van der Waals surface area contributed by atoms with E-state index in [1.807, 2.05) is 26.8 Å². The van der Waals surface area contributed by atoms with Crippen molar-refractivity contribution in [3.8, 4) is 0 Å². The van der Waals surface area contributed by atoms with Crippen molar-refractivity contribution in [1.29, 1.82) is 0 Å². The first-order chi connectivity index (χ1) is 6.74. The molecule has 0 heterocycles. The Morgan fingerprint density at radius 2 is 1.79 bits per heavy atom. The van der Waals surface area contributed by atoms with Crippen LogP contribution in [0, 0.1) is 0 Å². The van der Waals surface area contributed by atoms with E-state index in [1.165, 1.54) is 0 Å². The molecule has 0 fully saturated rings. The number of hydrogen-bond acceptors (Lipinski definition) is 3. The van der Waals surface area contributed by atoms with E-state index < -0.39 is 8.56 Å². The Morgan fingerprint density at radius 1 is 1.21 bits per heavy atom. The summed E-state index contributed by atoms with van der Waals surface area (Å²) >= 11 is 0. The van der Waals surface area contributed by atoms with Crippen molar-refractivity contribution < 1.29 is 8.85 Å². The molecule has 4 heteroatoms. The lowest BCUT2D eigenvalue weighted by atomic mass is 10.5. The van der Waals surface area contributed by atoms with E-state index >= 15 is 0 Å². The molecule has 3 nitrogen and oxygen atoms in total. The van der Waals surface area contributed by atoms with Crippen LogP contribution < -0.4 is 5.73 Å². The van der Waals surface area contributed by atoms with E-state index in [2.05, 4.69) is 5.70 Å². The molecule has 84 valence electrons. The topological polar surface area (TPSA) is 44.5 Å². The number of nitrogens with two attached hydrogens (primary N) is 1. The molecular formula is C10H23NO2Si. The third-order valence-electron chi connectivity index (χ3n) is 1.93. The molecule has 0 atom stereocenters. The molecule has 14 heavy (non-hydrogen) atoms. The molecule has 0 spiro atoms. The first-order valence-electron chi connectivity index (χ1n) is 5.36. The van der Waals surface area contributed by atoms with Gasteiger partial charge in [-0.05, 0) is 45.5 Å². The van der Waals surface area contributed by atoms with Crippen LogP contribution in [-0.2, 0) is 8.85 Å². The highest BCUT2D eigenvalue weighted by molar-refractivity contribution is 6.72. The van der Waals surface area contributed by atoms with Crippen molar-refractivity contribution >= 4 is 8.56 Å². The normalized spacial score (nSPS) is 12.6. The van der Waals surface area contributed by atoms with Crippen LogP contribution in [0.1, 0.15) is 27.2 Å². The number of allylic oxidation sites excluding steroid dienone is 1. The number of hydrogen-bond donors (Lipinski definition) is 1. The lowest BCUT2D eigenvalue weighted by Crippen LogP contribution is -2.41. The maximum Gasteiger partial charge on any atom is 0.364 e. The van der Waals surface area contributed by atoms with Crippen LogP contribution in [0.4, 0.5) is 0 Å². The molecule has 0 rings (SSSR count). The average Bonchev–Trinajstić information content (AvgIpc) is 2.16. The molecule has 0 aliphatic carbocycles. The van der Waals surface area contributed by atoms with E-state index in [4.69, 9.17) is 14.6 Å². The highest BCUT2D eigenvalue weighted by atomic mass is 28.4. The van der Waals surface area contributed by atoms with Gasteiger partial charge in [-0.1, -0.05) is 6.08 Å². The van der Waals surface area contributed by atoms with Gasteiger partial charge in [0, 0.05) is 13.2 Å². The van der Waals surface area contributed by atoms with Gasteiger partial charge in [-0.3, -0.25) is 0 Å². The second kappa shape index (κ2) is 8.17. The lowest BCUT2D eigenvalue weighted by Gasteiger charge is -2.26. The van der Waals surface area contributed by atoms with Gasteiger partial charge in [0.2, 0.25) is 0 Å². The molecular weight excluding hydrogens is 194 g/mol. The molecule has 0 unspecified atom stereocenters. The summed E-state index contributed by atoms with van der Waals surface area (Å²) in [5, 5.41) is 0. The fourth-order valence-corrected chi connectivity index (χ4v) is 4.37. The molecule has 0 bridgehead atoms. The first-order valence-corrected chi connectivity index (χ1v) is 7.46. The molecule has 0 amide bonds. The molecule has 0 saturated carbocycles. The lowest BCUT2D eigenvalue weighted by molar-refractivity contribution is 0.194. The van der Waals surface area contributed by atoms with Gasteiger partial charge in [0.05, 0.1) is 0 Å². The molecule has 0 aromatic rings. The second-order valence-corrected chi connectivity index (χ2v) is 6.10. The molecule has 0 aromatic carbocycles.